The van der Waals surface area contributed by atoms with Crippen LogP contribution in [0.4, 0.5) is 0 Å². The largest absolute Gasteiger partial charge is 0.289 e. The monoisotopic (exact) mass is 433 g/mol. The summed E-state index contributed by atoms with van der Waals surface area (Å²) in [5.41, 5.74) is 2.70. The third-order valence-electron chi connectivity index (χ3n) is 5.82. The van der Waals surface area contributed by atoms with Crippen molar-refractivity contribution in [1.82, 2.24) is 15.2 Å². The fourth-order valence-corrected chi connectivity index (χ4v) is 5.11. The zero-order valence-corrected chi connectivity index (χ0v) is 17.8. The maximum absolute atomic E-state index is 13.1. The molecule has 1 heterocycles. The second-order valence-corrected chi connectivity index (χ2v) is 8.62. The molecule has 0 amide bonds. The molecule has 0 bridgehead atoms. The molecule has 0 atom stereocenters. The number of allylic oxidation sites excluding steroid dienone is 2. The van der Waals surface area contributed by atoms with E-state index in [1.54, 1.807) is 31.2 Å². The Morgan fingerprint density at radius 2 is 1.16 bits per heavy atom. The minimum atomic E-state index is -0.185. The van der Waals surface area contributed by atoms with Crippen LogP contribution in [0.2, 0.25) is 0 Å². The van der Waals surface area contributed by atoms with E-state index in [0.29, 0.717) is 32.3 Å². The van der Waals surface area contributed by atoms with Crippen LogP contribution >= 0.6 is 11.8 Å². The molecule has 5 nitrogen and oxygen atoms in total. The second kappa shape index (κ2) is 7.07. The molecule has 0 fully saturated rings. The summed E-state index contributed by atoms with van der Waals surface area (Å²) in [4.78, 5) is 31.1. The first-order chi connectivity index (χ1) is 15.6. The highest BCUT2D eigenvalue weighted by molar-refractivity contribution is 8.04. The van der Waals surface area contributed by atoms with Crippen LogP contribution in [0, 0.1) is 0 Å². The number of Topliss-reactive ketones (excluding diaryl/α,β-unsaturated/α-hetero) is 2. The Balaban J connectivity index is 1.54. The van der Waals surface area contributed by atoms with Gasteiger partial charge in [0.2, 0.25) is 10.9 Å². The van der Waals surface area contributed by atoms with Gasteiger partial charge in [0, 0.05) is 27.5 Å². The zero-order valence-electron chi connectivity index (χ0n) is 17.0. The highest BCUT2D eigenvalue weighted by Crippen LogP contribution is 2.37. The second-order valence-electron chi connectivity index (χ2n) is 7.64. The lowest BCUT2D eigenvalue weighted by atomic mass is 9.90. The van der Waals surface area contributed by atoms with Gasteiger partial charge in [0.25, 0.3) is 0 Å². The van der Waals surface area contributed by atoms with Crippen molar-refractivity contribution in [2.75, 3.05) is 0 Å². The van der Waals surface area contributed by atoms with Crippen molar-refractivity contribution >= 4 is 55.9 Å². The molecular weight excluding hydrogens is 418 g/mol. The van der Waals surface area contributed by atoms with E-state index in [9.17, 15) is 9.59 Å². The Hall–Kier alpha value is -3.90. The van der Waals surface area contributed by atoms with Gasteiger partial charge in [-0.25, -0.2) is 4.98 Å². The van der Waals surface area contributed by atoms with E-state index >= 15 is 0 Å². The van der Waals surface area contributed by atoms with Crippen molar-refractivity contribution < 1.29 is 9.59 Å². The van der Waals surface area contributed by atoms with Gasteiger partial charge in [-0.3, -0.25) is 9.59 Å². The maximum atomic E-state index is 13.1. The normalized spacial score (nSPS) is 13.9. The van der Waals surface area contributed by atoms with E-state index in [1.807, 2.05) is 36.4 Å². The van der Waals surface area contributed by atoms with Crippen LogP contribution in [0.15, 0.2) is 88.4 Å². The maximum Gasteiger partial charge on any atom is 0.214 e. The molecule has 0 aliphatic heterocycles. The fourth-order valence-electron chi connectivity index (χ4n) is 4.26. The number of benzene rings is 4. The number of carbonyl (C=O) groups is 2. The lowest BCUT2D eigenvalue weighted by Crippen LogP contribution is -2.19. The Bertz CT molecular complexity index is 1620. The summed E-state index contributed by atoms with van der Waals surface area (Å²) in [7, 11) is 0. The number of nitrogens with zero attached hydrogens (tertiary/aromatic N) is 3. The Labute approximate surface area is 187 Å². The zero-order chi connectivity index (χ0) is 21.8. The standard InChI is InChI=1S/C26H15N3O2S/c1-14-23(30)19-12-6-7-13-20(19)24(31)25(14)32-26-27-21-17-10-4-2-8-15(17)16-9-3-5-11-18(16)22(21)28-29-26/h2-13H,1H3. The molecule has 4 aromatic carbocycles. The lowest BCUT2D eigenvalue weighted by Gasteiger charge is -2.17. The Kier molecular flexibility index (Phi) is 4.16. The predicted molar refractivity (Wildman–Crippen MR) is 126 cm³/mol. The number of ketones is 2. The van der Waals surface area contributed by atoms with Crippen molar-refractivity contribution in [2.45, 2.75) is 12.1 Å². The topological polar surface area (TPSA) is 72.8 Å². The van der Waals surface area contributed by atoms with Gasteiger partial charge in [0.15, 0.2) is 5.78 Å². The molecule has 32 heavy (non-hydrogen) atoms. The minimum Gasteiger partial charge on any atom is -0.289 e. The third kappa shape index (κ3) is 2.70. The summed E-state index contributed by atoms with van der Waals surface area (Å²) < 4.78 is 0. The summed E-state index contributed by atoms with van der Waals surface area (Å²) in [6.45, 7) is 1.68. The smallest absolute Gasteiger partial charge is 0.214 e. The molecular formula is C26H15N3O2S. The van der Waals surface area contributed by atoms with Gasteiger partial charge in [-0.05, 0) is 29.5 Å². The molecule has 6 heteroatoms. The molecule has 0 saturated carbocycles. The minimum absolute atomic E-state index is 0.145. The van der Waals surface area contributed by atoms with Gasteiger partial charge in [-0.15, -0.1) is 10.2 Å². The quantitative estimate of drug-likeness (QED) is 0.329. The molecule has 0 N–H and O–H groups in total. The summed E-state index contributed by atoms with van der Waals surface area (Å²) in [6.07, 6.45) is 0. The van der Waals surface area contributed by atoms with Crippen molar-refractivity contribution in [3.63, 3.8) is 0 Å². The van der Waals surface area contributed by atoms with Crippen molar-refractivity contribution in [3.05, 3.63) is 94.4 Å². The first kappa shape index (κ1) is 18.8. The van der Waals surface area contributed by atoms with E-state index in [4.69, 9.17) is 4.98 Å². The number of carbonyl (C=O) groups excluding carboxylic acids is 2. The average molecular weight is 433 g/mol. The number of hydrogen-bond donors (Lipinski definition) is 0. The molecule has 5 aromatic rings. The fraction of sp³-hybridized carbons (Fsp3) is 0.0385. The van der Waals surface area contributed by atoms with Crippen LogP contribution in [0.3, 0.4) is 0 Å². The van der Waals surface area contributed by atoms with E-state index in [2.05, 4.69) is 22.3 Å². The predicted octanol–water partition coefficient (Wildman–Crippen LogP) is 5.78. The molecule has 6 rings (SSSR count). The SMILES string of the molecule is CC1=C(Sc2nnc3c4ccccc4c4ccccc4c3n2)C(=O)c2ccccc2C1=O. The number of aromatic nitrogens is 3. The molecule has 1 aliphatic carbocycles. The molecule has 1 aromatic heterocycles. The first-order valence-corrected chi connectivity index (χ1v) is 11.0. The van der Waals surface area contributed by atoms with Crippen LogP contribution in [-0.2, 0) is 0 Å². The van der Waals surface area contributed by atoms with E-state index in [-0.39, 0.29) is 11.6 Å². The highest BCUT2D eigenvalue weighted by atomic mass is 32.2. The van der Waals surface area contributed by atoms with E-state index in [1.165, 1.54) is 0 Å². The van der Waals surface area contributed by atoms with Gasteiger partial charge in [-0.2, -0.15) is 0 Å². The van der Waals surface area contributed by atoms with Crippen molar-refractivity contribution in [2.24, 2.45) is 0 Å². The van der Waals surface area contributed by atoms with Crippen LogP contribution in [0.1, 0.15) is 27.6 Å². The van der Waals surface area contributed by atoms with Gasteiger partial charge in [-0.1, -0.05) is 72.8 Å². The Morgan fingerprint density at radius 1 is 0.625 bits per heavy atom. The number of rotatable bonds is 2. The van der Waals surface area contributed by atoms with Gasteiger partial charge in [0.1, 0.15) is 11.0 Å². The molecule has 0 saturated heterocycles. The van der Waals surface area contributed by atoms with Crippen molar-refractivity contribution in [1.29, 1.82) is 0 Å². The summed E-state index contributed by atoms with van der Waals surface area (Å²) in [6, 6.07) is 23.0. The van der Waals surface area contributed by atoms with Gasteiger partial charge < -0.3 is 0 Å². The first-order valence-electron chi connectivity index (χ1n) is 10.1. The molecule has 0 spiro atoms. The van der Waals surface area contributed by atoms with Crippen LogP contribution in [0.5, 0.6) is 0 Å². The van der Waals surface area contributed by atoms with Gasteiger partial charge >= 0.3 is 0 Å². The van der Waals surface area contributed by atoms with Crippen LogP contribution < -0.4 is 0 Å². The molecule has 1 aliphatic rings. The van der Waals surface area contributed by atoms with Crippen LogP contribution in [0.25, 0.3) is 32.6 Å². The number of fused-ring (bicyclic) bond motifs is 7. The number of thioether (sulfide) groups is 1. The number of hydrogen-bond acceptors (Lipinski definition) is 6. The summed E-state index contributed by atoms with van der Waals surface area (Å²) >= 11 is 1.10. The van der Waals surface area contributed by atoms with Crippen LogP contribution in [-0.4, -0.2) is 26.7 Å². The Morgan fingerprint density at radius 3 is 1.81 bits per heavy atom. The molecule has 152 valence electrons. The summed E-state index contributed by atoms with van der Waals surface area (Å²) in [5.74, 6) is -0.331. The van der Waals surface area contributed by atoms with Crippen molar-refractivity contribution in [3.8, 4) is 0 Å². The highest BCUT2D eigenvalue weighted by Gasteiger charge is 2.31. The third-order valence-corrected chi connectivity index (χ3v) is 6.87. The molecule has 0 radical (unpaired) electrons. The van der Waals surface area contributed by atoms with E-state index < -0.39 is 0 Å². The van der Waals surface area contributed by atoms with E-state index in [0.717, 1.165) is 38.8 Å². The average Bonchev–Trinajstić information content (AvgIpc) is 2.85. The van der Waals surface area contributed by atoms with Gasteiger partial charge in [0.05, 0.1) is 4.91 Å². The lowest BCUT2D eigenvalue weighted by molar-refractivity contribution is 0.0981. The summed E-state index contributed by atoms with van der Waals surface area (Å²) in [5, 5.41) is 13.3. The molecule has 0 unspecified atom stereocenters.